The second kappa shape index (κ2) is 8.84. The van der Waals surface area contributed by atoms with Crippen molar-refractivity contribution in [3.63, 3.8) is 0 Å². The third-order valence-electron chi connectivity index (χ3n) is 3.71. The fourth-order valence-corrected chi connectivity index (χ4v) is 2.35. The number of hydrogen-bond acceptors (Lipinski definition) is 2. The smallest absolute Gasteiger partial charge is 0.0570 e. The minimum atomic E-state index is 1.07. The Morgan fingerprint density at radius 3 is 2.35 bits per heavy atom. The normalized spacial score (nSPS) is 12.0. The molecule has 0 fully saturated rings. The van der Waals surface area contributed by atoms with Gasteiger partial charge in [-0.2, -0.15) is 10.2 Å². The maximum absolute atomic E-state index is 4.15. The summed E-state index contributed by atoms with van der Waals surface area (Å²) in [6.07, 6.45) is 10.0. The molecular weight excluding hydrogens is 280 g/mol. The van der Waals surface area contributed by atoms with Crippen molar-refractivity contribution in [1.29, 1.82) is 0 Å². The lowest BCUT2D eigenvalue weighted by Crippen LogP contribution is -1.88. The van der Waals surface area contributed by atoms with Crippen LogP contribution in [0.25, 0.3) is 0 Å². The Morgan fingerprint density at radius 2 is 1.65 bits per heavy atom. The van der Waals surface area contributed by atoms with Crippen LogP contribution in [0.5, 0.6) is 0 Å². The zero-order chi connectivity index (χ0) is 16.5. The van der Waals surface area contributed by atoms with Crippen molar-refractivity contribution in [2.45, 2.75) is 33.6 Å². The van der Waals surface area contributed by atoms with Gasteiger partial charge in [0.2, 0.25) is 0 Å². The van der Waals surface area contributed by atoms with Gasteiger partial charge in [0.1, 0.15) is 0 Å². The Balaban J connectivity index is 1.93. The first-order valence-corrected chi connectivity index (χ1v) is 8.03. The number of nitrogens with zero attached hydrogens (tertiary/aromatic N) is 2. The molecule has 0 radical (unpaired) electrons. The summed E-state index contributed by atoms with van der Waals surface area (Å²) in [7, 11) is 0. The molecule has 0 unspecified atom stereocenters. The van der Waals surface area contributed by atoms with E-state index >= 15 is 0 Å². The largest absolute Gasteiger partial charge is 0.159 e. The second-order valence-corrected chi connectivity index (χ2v) is 5.70. The van der Waals surface area contributed by atoms with E-state index in [1.165, 1.54) is 16.7 Å². The molecule has 23 heavy (non-hydrogen) atoms. The molecule has 0 aromatic heterocycles. The van der Waals surface area contributed by atoms with Crippen LogP contribution in [-0.4, -0.2) is 12.4 Å². The highest BCUT2D eigenvalue weighted by molar-refractivity contribution is 5.83. The van der Waals surface area contributed by atoms with Crippen molar-refractivity contribution in [3.8, 4) is 0 Å². The van der Waals surface area contributed by atoms with E-state index in [0.717, 1.165) is 24.0 Å². The van der Waals surface area contributed by atoms with Crippen molar-refractivity contribution in [1.82, 2.24) is 0 Å². The number of rotatable bonds is 6. The zero-order valence-corrected chi connectivity index (χ0v) is 14.2. The lowest BCUT2D eigenvalue weighted by molar-refractivity contribution is 0.999. The molecule has 0 aliphatic carbocycles. The summed E-state index contributed by atoms with van der Waals surface area (Å²) in [6, 6.07) is 14.8. The van der Waals surface area contributed by atoms with Gasteiger partial charge in [0.15, 0.2) is 0 Å². The molecule has 0 spiro atoms. The highest BCUT2D eigenvalue weighted by atomic mass is 15.2. The van der Waals surface area contributed by atoms with Crippen LogP contribution in [0.4, 0.5) is 0 Å². The standard InChI is InChI=1S/C21H24N2/c1-4-5-6-7-19-9-11-20(12-10-19)15-22-23-16-21-13-8-17(2)14-18(21)3/h4-5,8-16H,6-7H2,1-3H3/b5-4+,22-15+,23-16+. The van der Waals surface area contributed by atoms with Gasteiger partial charge < -0.3 is 0 Å². The SMILES string of the molecule is C/C=C/CCc1ccc(/C=N/N=C/c2ccc(C)cc2C)cc1. The summed E-state index contributed by atoms with van der Waals surface area (Å²) in [5, 5.41) is 8.28. The van der Waals surface area contributed by atoms with Crippen LogP contribution in [-0.2, 0) is 6.42 Å². The van der Waals surface area contributed by atoms with Crippen molar-refractivity contribution in [2.75, 3.05) is 0 Å². The van der Waals surface area contributed by atoms with Gasteiger partial charge in [0, 0.05) is 0 Å². The first kappa shape index (κ1) is 16.9. The Labute approximate surface area is 139 Å². The van der Waals surface area contributed by atoms with Crippen LogP contribution in [0.2, 0.25) is 0 Å². The fourth-order valence-electron chi connectivity index (χ4n) is 2.35. The summed E-state index contributed by atoms with van der Waals surface area (Å²) in [6.45, 7) is 6.23. The molecule has 2 aromatic carbocycles. The van der Waals surface area contributed by atoms with Crippen LogP contribution in [0.1, 0.15) is 41.2 Å². The quantitative estimate of drug-likeness (QED) is 0.395. The van der Waals surface area contributed by atoms with Gasteiger partial charge in [-0.05, 0) is 55.9 Å². The second-order valence-electron chi connectivity index (χ2n) is 5.70. The Bertz CT molecular complexity index is 707. The van der Waals surface area contributed by atoms with Crippen LogP contribution in [0.3, 0.4) is 0 Å². The molecule has 0 amide bonds. The molecule has 0 bridgehead atoms. The predicted molar refractivity (Wildman–Crippen MR) is 101 cm³/mol. The first-order valence-electron chi connectivity index (χ1n) is 8.03. The van der Waals surface area contributed by atoms with Gasteiger partial charge >= 0.3 is 0 Å². The molecule has 118 valence electrons. The summed E-state index contributed by atoms with van der Waals surface area (Å²) in [5.41, 5.74) is 6.00. The van der Waals surface area contributed by atoms with Gasteiger partial charge in [0.25, 0.3) is 0 Å². The van der Waals surface area contributed by atoms with E-state index in [2.05, 4.69) is 85.6 Å². The predicted octanol–water partition coefficient (Wildman–Crippen LogP) is 5.27. The van der Waals surface area contributed by atoms with Gasteiger partial charge in [-0.1, -0.05) is 60.2 Å². The van der Waals surface area contributed by atoms with Crippen molar-refractivity contribution < 1.29 is 0 Å². The van der Waals surface area contributed by atoms with Crippen LogP contribution in [0.15, 0.2) is 64.8 Å². The highest BCUT2D eigenvalue weighted by Crippen LogP contribution is 2.08. The molecule has 0 aliphatic heterocycles. The van der Waals surface area contributed by atoms with Crippen molar-refractivity contribution in [2.24, 2.45) is 10.2 Å². The van der Waals surface area contributed by atoms with E-state index in [4.69, 9.17) is 0 Å². The lowest BCUT2D eigenvalue weighted by Gasteiger charge is -2.00. The third-order valence-corrected chi connectivity index (χ3v) is 3.71. The van der Waals surface area contributed by atoms with Crippen molar-refractivity contribution in [3.05, 3.63) is 82.4 Å². The number of allylic oxidation sites excluding steroid dienone is 2. The maximum Gasteiger partial charge on any atom is 0.0570 e. The summed E-state index contributed by atoms with van der Waals surface area (Å²) >= 11 is 0. The van der Waals surface area contributed by atoms with Crippen LogP contribution < -0.4 is 0 Å². The number of benzene rings is 2. The van der Waals surface area contributed by atoms with E-state index in [0.29, 0.717) is 0 Å². The van der Waals surface area contributed by atoms with Crippen LogP contribution in [0, 0.1) is 13.8 Å². The molecular formula is C21H24N2. The Hall–Kier alpha value is -2.48. The van der Waals surface area contributed by atoms with Gasteiger partial charge in [-0.3, -0.25) is 0 Å². The molecule has 2 aromatic rings. The fraction of sp³-hybridized carbons (Fsp3) is 0.238. The summed E-state index contributed by atoms with van der Waals surface area (Å²) in [4.78, 5) is 0. The number of aryl methyl sites for hydroxylation is 3. The van der Waals surface area contributed by atoms with Gasteiger partial charge in [-0.15, -0.1) is 0 Å². The van der Waals surface area contributed by atoms with E-state index in [9.17, 15) is 0 Å². The molecule has 0 saturated carbocycles. The summed E-state index contributed by atoms with van der Waals surface area (Å²) in [5.74, 6) is 0. The van der Waals surface area contributed by atoms with E-state index in [-0.39, 0.29) is 0 Å². The van der Waals surface area contributed by atoms with E-state index in [1.54, 1.807) is 12.4 Å². The molecule has 2 nitrogen and oxygen atoms in total. The molecule has 0 N–H and O–H groups in total. The molecule has 2 heteroatoms. The van der Waals surface area contributed by atoms with E-state index in [1.807, 2.05) is 0 Å². The summed E-state index contributed by atoms with van der Waals surface area (Å²) < 4.78 is 0. The van der Waals surface area contributed by atoms with Crippen molar-refractivity contribution >= 4 is 12.4 Å². The average molecular weight is 304 g/mol. The zero-order valence-electron chi connectivity index (χ0n) is 14.2. The highest BCUT2D eigenvalue weighted by Gasteiger charge is 1.94. The maximum atomic E-state index is 4.15. The topological polar surface area (TPSA) is 24.7 Å². The van der Waals surface area contributed by atoms with Gasteiger partial charge in [0.05, 0.1) is 12.4 Å². The molecule has 2 rings (SSSR count). The van der Waals surface area contributed by atoms with E-state index < -0.39 is 0 Å². The monoisotopic (exact) mass is 304 g/mol. The lowest BCUT2D eigenvalue weighted by atomic mass is 10.1. The minimum absolute atomic E-state index is 1.07. The Kier molecular flexibility index (Phi) is 6.49. The number of hydrogen-bond donors (Lipinski definition) is 0. The third kappa shape index (κ3) is 5.67. The Morgan fingerprint density at radius 1 is 0.913 bits per heavy atom. The average Bonchev–Trinajstić information content (AvgIpc) is 2.55. The first-order chi connectivity index (χ1) is 11.2. The molecule has 0 heterocycles. The van der Waals surface area contributed by atoms with Gasteiger partial charge in [-0.25, -0.2) is 0 Å². The molecule has 0 saturated heterocycles. The molecule has 0 aliphatic rings. The van der Waals surface area contributed by atoms with Crippen LogP contribution >= 0.6 is 0 Å². The molecule has 0 atom stereocenters. The minimum Gasteiger partial charge on any atom is -0.159 e.